The zero-order valence-corrected chi connectivity index (χ0v) is 16.7. The number of carbonyl (C=O) groups is 1. The number of para-hydroxylation sites is 1. The van der Waals surface area contributed by atoms with Gasteiger partial charge in [-0.15, -0.1) is 0 Å². The lowest BCUT2D eigenvalue weighted by atomic mass is 10.1. The van der Waals surface area contributed by atoms with E-state index >= 15 is 0 Å². The van der Waals surface area contributed by atoms with Crippen molar-refractivity contribution >= 4 is 40.9 Å². The number of rotatable bonds is 6. The second kappa shape index (κ2) is 9.79. The second-order valence-corrected chi connectivity index (χ2v) is 6.91. The van der Waals surface area contributed by atoms with Crippen LogP contribution in [-0.4, -0.2) is 5.91 Å². The molecule has 0 aromatic heterocycles. The Bertz CT molecular complexity index is 1070. The summed E-state index contributed by atoms with van der Waals surface area (Å²) in [6.45, 7) is 0.342. The number of halogens is 2. The fourth-order valence-electron chi connectivity index (χ4n) is 2.49. The molecule has 0 atom stereocenters. The third-order valence-electron chi connectivity index (χ3n) is 3.98. The number of benzene rings is 3. The summed E-state index contributed by atoms with van der Waals surface area (Å²) in [7, 11) is 0. The Morgan fingerprint density at radius 1 is 1.00 bits per heavy atom. The molecule has 0 saturated heterocycles. The molecule has 0 fully saturated rings. The van der Waals surface area contributed by atoms with Gasteiger partial charge < -0.3 is 10.1 Å². The molecule has 0 saturated carbocycles. The van der Waals surface area contributed by atoms with Crippen molar-refractivity contribution in [3.05, 3.63) is 99.5 Å². The predicted molar refractivity (Wildman–Crippen MR) is 116 cm³/mol. The molecule has 0 aliphatic heterocycles. The monoisotopic (exact) mass is 422 g/mol. The van der Waals surface area contributed by atoms with Crippen LogP contribution in [0.2, 0.25) is 10.0 Å². The molecule has 0 radical (unpaired) electrons. The van der Waals surface area contributed by atoms with Crippen LogP contribution in [0.25, 0.3) is 6.08 Å². The number of amides is 1. The highest BCUT2D eigenvalue weighted by molar-refractivity contribution is 6.42. The Kier molecular flexibility index (Phi) is 6.91. The maximum absolute atomic E-state index is 12.3. The average molecular weight is 423 g/mol. The molecule has 0 unspecified atom stereocenters. The SMILES string of the molecule is N#C/C(=C\c1ccc(OCc2ccc(Cl)c(Cl)c2)cc1)C(=O)Nc1ccccc1. The van der Waals surface area contributed by atoms with E-state index in [1.165, 1.54) is 6.08 Å². The van der Waals surface area contributed by atoms with E-state index in [-0.39, 0.29) is 5.57 Å². The van der Waals surface area contributed by atoms with E-state index in [2.05, 4.69) is 5.32 Å². The van der Waals surface area contributed by atoms with E-state index in [0.29, 0.717) is 33.7 Å². The first kappa shape index (κ1) is 20.5. The Morgan fingerprint density at radius 3 is 2.38 bits per heavy atom. The molecule has 0 bridgehead atoms. The number of ether oxygens (including phenoxy) is 1. The molecule has 3 rings (SSSR count). The van der Waals surface area contributed by atoms with Gasteiger partial charge in [0.05, 0.1) is 10.0 Å². The molecule has 6 heteroatoms. The molecular weight excluding hydrogens is 407 g/mol. The third-order valence-corrected chi connectivity index (χ3v) is 4.72. The lowest BCUT2D eigenvalue weighted by molar-refractivity contribution is -0.112. The Morgan fingerprint density at radius 2 is 1.72 bits per heavy atom. The molecule has 3 aromatic rings. The van der Waals surface area contributed by atoms with Gasteiger partial charge in [-0.05, 0) is 53.6 Å². The van der Waals surface area contributed by atoms with Gasteiger partial charge in [0.25, 0.3) is 5.91 Å². The lowest BCUT2D eigenvalue weighted by Crippen LogP contribution is -2.13. The van der Waals surface area contributed by atoms with Crippen molar-refractivity contribution < 1.29 is 9.53 Å². The molecule has 1 amide bonds. The van der Waals surface area contributed by atoms with Gasteiger partial charge in [-0.25, -0.2) is 0 Å². The molecule has 0 heterocycles. The normalized spacial score (nSPS) is 10.9. The summed E-state index contributed by atoms with van der Waals surface area (Å²) in [4.78, 5) is 12.3. The summed E-state index contributed by atoms with van der Waals surface area (Å²) < 4.78 is 5.73. The molecule has 3 aromatic carbocycles. The van der Waals surface area contributed by atoms with Crippen molar-refractivity contribution in [2.75, 3.05) is 5.32 Å². The Balaban J connectivity index is 1.64. The number of carbonyl (C=O) groups excluding carboxylic acids is 1. The van der Waals surface area contributed by atoms with E-state index in [1.54, 1.807) is 48.5 Å². The van der Waals surface area contributed by atoms with Crippen molar-refractivity contribution in [3.63, 3.8) is 0 Å². The van der Waals surface area contributed by atoms with Crippen molar-refractivity contribution in [1.82, 2.24) is 0 Å². The minimum atomic E-state index is -0.460. The minimum Gasteiger partial charge on any atom is -0.489 e. The zero-order chi connectivity index (χ0) is 20.6. The maximum Gasteiger partial charge on any atom is 0.266 e. The zero-order valence-electron chi connectivity index (χ0n) is 15.2. The van der Waals surface area contributed by atoms with Gasteiger partial charge in [-0.2, -0.15) is 5.26 Å². The van der Waals surface area contributed by atoms with Gasteiger partial charge in [-0.1, -0.05) is 59.6 Å². The number of hydrogen-bond donors (Lipinski definition) is 1. The van der Waals surface area contributed by atoms with E-state index < -0.39 is 5.91 Å². The van der Waals surface area contributed by atoms with Crippen LogP contribution in [0.5, 0.6) is 5.75 Å². The second-order valence-electron chi connectivity index (χ2n) is 6.10. The number of nitrogens with one attached hydrogen (secondary N) is 1. The minimum absolute atomic E-state index is 0.0123. The van der Waals surface area contributed by atoms with Crippen molar-refractivity contribution in [2.24, 2.45) is 0 Å². The first-order valence-corrected chi connectivity index (χ1v) is 9.46. The number of hydrogen-bond acceptors (Lipinski definition) is 3. The quantitative estimate of drug-likeness (QED) is 0.384. The molecular formula is C23H16Cl2N2O2. The molecule has 0 aliphatic carbocycles. The van der Waals surface area contributed by atoms with Crippen LogP contribution >= 0.6 is 23.2 Å². The van der Waals surface area contributed by atoms with Crippen molar-refractivity contribution in [1.29, 1.82) is 5.26 Å². The van der Waals surface area contributed by atoms with Gasteiger partial charge in [-0.3, -0.25) is 4.79 Å². The van der Waals surface area contributed by atoms with Crippen LogP contribution < -0.4 is 10.1 Å². The highest BCUT2D eigenvalue weighted by Gasteiger charge is 2.09. The van der Waals surface area contributed by atoms with Gasteiger partial charge in [0.1, 0.15) is 24.0 Å². The largest absolute Gasteiger partial charge is 0.489 e. The van der Waals surface area contributed by atoms with Crippen LogP contribution in [0.1, 0.15) is 11.1 Å². The topological polar surface area (TPSA) is 62.1 Å². The van der Waals surface area contributed by atoms with E-state index in [0.717, 1.165) is 5.56 Å². The standard InChI is InChI=1S/C23H16Cl2N2O2/c24-21-11-8-17(13-22(21)25)15-29-20-9-6-16(7-10-20)12-18(14-26)23(28)27-19-4-2-1-3-5-19/h1-13H,15H2,(H,27,28)/b18-12+. The summed E-state index contributed by atoms with van der Waals surface area (Å²) in [5, 5.41) is 13.0. The van der Waals surface area contributed by atoms with Crippen molar-refractivity contribution in [3.8, 4) is 11.8 Å². The molecule has 0 aliphatic rings. The molecule has 4 nitrogen and oxygen atoms in total. The number of nitriles is 1. The van der Waals surface area contributed by atoms with Crippen LogP contribution in [0.3, 0.4) is 0 Å². The smallest absolute Gasteiger partial charge is 0.266 e. The first-order chi connectivity index (χ1) is 14.0. The Labute approximate surface area is 179 Å². The third kappa shape index (κ3) is 5.86. The number of nitrogens with zero attached hydrogens (tertiary/aromatic N) is 1. The van der Waals surface area contributed by atoms with Gasteiger partial charge >= 0.3 is 0 Å². The van der Waals surface area contributed by atoms with E-state index in [9.17, 15) is 10.1 Å². The van der Waals surface area contributed by atoms with Crippen LogP contribution in [0.15, 0.2) is 78.4 Å². The van der Waals surface area contributed by atoms with Crippen LogP contribution in [0, 0.1) is 11.3 Å². The van der Waals surface area contributed by atoms with Gasteiger partial charge in [0, 0.05) is 5.69 Å². The van der Waals surface area contributed by atoms with Gasteiger partial charge in [0.2, 0.25) is 0 Å². The van der Waals surface area contributed by atoms with Gasteiger partial charge in [0.15, 0.2) is 0 Å². The lowest BCUT2D eigenvalue weighted by Gasteiger charge is -2.08. The fraction of sp³-hybridized carbons (Fsp3) is 0.0435. The van der Waals surface area contributed by atoms with E-state index in [1.807, 2.05) is 30.3 Å². The Hall–Kier alpha value is -3.26. The maximum atomic E-state index is 12.3. The summed E-state index contributed by atoms with van der Waals surface area (Å²) in [6.07, 6.45) is 1.53. The summed E-state index contributed by atoms with van der Waals surface area (Å²) in [5.74, 6) is 0.194. The first-order valence-electron chi connectivity index (χ1n) is 8.70. The van der Waals surface area contributed by atoms with Crippen LogP contribution in [-0.2, 0) is 11.4 Å². The molecule has 1 N–H and O–H groups in total. The average Bonchev–Trinajstić information content (AvgIpc) is 2.74. The van der Waals surface area contributed by atoms with Crippen molar-refractivity contribution in [2.45, 2.75) is 6.61 Å². The molecule has 0 spiro atoms. The summed E-state index contributed by atoms with van der Waals surface area (Å²) in [6, 6.07) is 23.3. The fourth-order valence-corrected chi connectivity index (χ4v) is 2.81. The summed E-state index contributed by atoms with van der Waals surface area (Å²) >= 11 is 11.9. The van der Waals surface area contributed by atoms with Crippen LogP contribution in [0.4, 0.5) is 5.69 Å². The van der Waals surface area contributed by atoms with E-state index in [4.69, 9.17) is 27.9 Å². The highest BCUT2D eigenvalue weighted by Crippen LogP contribution is 2.23. The highest BCUT2D eigenvalue weighted by atomic mass is 35.5. The number of anilines is 1. The molecule has 144 valence electrons. The molecule has 29 heavy (non-hydrogen) atoms. The predicted octanol–water partition coefficient (Wildman–Crippen LogP) is 6.12. The summed E-state index contributed by atoms with van der Waals surface area (Å²) in [5.41, 5.74) is 2.25.